The predicted octanol–water partition coefficient (Wildman–Crippen LogP) is 10.4. The molecule has 2 aliphatic heterocycles. The summed E-state index contributed by atoms with van der Waals surface area (Å²) in [5, 5.41) is 8.97. The van der Waals surface area contributed by atoms with Gasteiger partial charge in [-0.25, -0.2) is 0 Å². The maximum Gasteiger partial charge on any atom is 0.252 e. The summed E-state index contributed by atoms with van der Waals surface area (Å²) in [6.07, 6.45) is 0. The van der Waals surface area contributed by atoms with E-state index in [4.69, 9.17) is 0 Å². The van der Waals surface area contributed by atoms with Crippen LogP contribution in [0.25, 0.3) is 43.1 Å². The van der Waals surface area contributed by atoms with E-state index in [1.165, 1.54) is 0 Å². The molecule has 0 unspecified atom stereocenters. The summed E-state index contributed by atoms with van der Waals surface area (Å²) in [6, 6.07) is 55.6. The molecule has 0 amide bonds. The second-order valence-corrected chi connectivity index (χ2v) is 13.2. The van der Waals surface area contributed by atoms with E-state index < -0.39 is 0 Å². The highest BCUT2D eigenvalue weighted by molar-refractivity contribution is 7.00. The van der Waals surface area contributed by atoms with Gasteiger partial charge in [-0.1, -0.05) is 127 Å². The van der Waals surface area contributed by atoms with Crippen LogP contribution in [0.5, 0.6) is 0 Å². The lowest BCUT2D eigenvalue weighted by Gasteiger charge is -2.44. The van der Waals surface area contributed by atoms with Crippen LogP contribution in [0.1, 0.15) is 4.11 Å². The number of hydrogen-bond donors (Lipinski definition) is 0. The Morgan fingerprint density at radius 3 is 1.16 bits per heavy atom. The third-order valence-corrected chi connectivity index (χ3v) is 10.5. The largest absolute Gasteiger partial charge is 0.311 e. The van der Waals surface area contributed by atoms with Crippen molar-refractivity contribution in [3.8, 4) is 0 Å². The number of anilines is 6. The molecule has 2 nitrogen and oxygen atoms in total. The molecule has 0 atom stereocenters. The minimum Gasteiger partial charge on any atom is -0.311 e. The molecule has 226 valence electrons. The minimum atomic E-state index is -0.272. The Hall–Kier alpha value is -6.32. The summed E-state index contributed by atoms with van der Waals surface area (Å²) < 4.78 is 28.7. The lowest BCUT2D eigenvalue weighted by molar-refractivity contribution is 1.26. The molecule has 0 saturated heterocycles. The molecule has 11 rings (SSSR count). The molecule has 0 spiro atoms. The first-order chi connectivity index (χ1) is 25.5. The second-order valence-electron chi connectivity index (χ2n) is 13.2. The predicted molar refractivity (Wildman–Crippen MR) is 210 cm³/mol. The smallest absolute Gasteiger partial charge is 0.252 e. The standard InChI is InChI=1S/C46H29BN2/c1-3-12-32-24-38(22-20-30(32)10-1)48-42-18-9-19-43-46(42)47(40-26-34-14-5-7-16-36(34)28-44(40)48)41-27-35-15-6-8-17-37(35)29-45(41)49(43)39-23-21-31-11-2-4-13-33(31)25-39/h1-29H/i9D,18D,19D. The topological polar surface area (TPSA) is 6.48 Å². The molecule has 0 radical (unpaired) electrons. The molecule has 0 aromatic heterocycles. The molecular weight excluding hydrogens is 591 g/mol. The molecule has 0 bridgehead atoms. The molecule has 2 aliphatic rings. The zero-order valence-electron chi connectivity index (χ0n) is 29.5. The van der Waals surface area contributed by atoms with Crippen LogP contribution in [0.15, 0.2) is 176 Å². The fraction of sp³-hybridized carbons (Fsp3) is 0. The van der Waals surface area contributed by atoms with E-state index in [9.17, 15) is 4.11 Å². The van der Waals surface area contributed by atoms with Gasteiger partial charge in [-0.2, -0.15) is 0 Å². The molecule has 2 heterocycles. The Bertz CT molecular complexity index is 2800. The highest BCUT2D eigenvalue weighted by Gasteiger charge is 2.43. The van der Waals surface area contributed by atoms with Crippen LogP contribution in [-0.2, 0) is 0 Å². The first-order valence-electron chi connectivity index (χ1n) is 18.3. The van der Waals surface area contributed by atoms with Gasteiger partial charge >= 0.3 is 0 Å². The SMILES string of the molecule is [2H]c1c([2H])c2c3c(c1[2H])N(c1ccc4ccccc4c1)c1cc4ccccc4cc1B3c1cc3ccccc3cc1N2c1ccc2ccccc2c1. The first-order valence-corrected chi connectivity index (χ1v) is 16.8. The van der Waals surface area contributed by atoms with E-state index in [-0.39, 0.29) is 24.8 Å². The molecule has 9 aromatic carbocycles. The maximum absolute atomic E-state index is 9.67. The van der Waals surface area contributed by atoms with Crippen LogP contribution in [0.3, 0.4) is 0 Å². The molecule has 0 N–H and O–H groups in total. The molecule has 49 heavy (non-hydrogen) atoms. The zero-order chi connectivity index (χ0) is 34.7. The van der Waals surface area contributed by atoms with Gasteiger partial charge in [-0.15, -0.1) is 0 Å². The van der Waals surface area contributed by atoms with E-state index in [1.807, 2.05) is 0 Å². The van der Waals surface area contributed by atoms with Gasteiger partial charge in [0.05, 0.1) is 4.11 Å². The van der Waals surface area contributed by atoms with Crippen LogP contribution in [0.4, 0.5) is 34.1 Å². The van der Waals surface area contributed by atoms with Crippen molar-refractivity contribution in [1.82, 2.24) is 0 Å². The third-order valence-electron chi connectivity index (χ3n) is 10.5. The van der Waals surface area contributed by atoms with E-state index in [2.05, 4.69) is 168 Å². The van der Waals surface area contributed by atoms with Gasteiger partial charge in [-0.05, 0) is 108 Å². The third kappa shape index (κ3) is 3.90. The average molecular weight is 624 g/mol. The monoisotopic (exact) mass is 623 g/mol. The van der Waals surface area contributed by atoms with Crippen LogP contribution < -0.4 is 26.2 Å². The summed E-state index contributed by atoms with van der Waals surface area (Å²) in [4.78, 5) is 4.38. The Kier molecular flexibility index (Phi) is 4.93. The van der Waals surface area contributed by atoms with Crippen LogP contribution in [-0.4, -0.2) is 6.71 Å². The quantitative estimate of drug-likeness (QED) is 0.177. The van der Waals surface area contributed by atoms with Crippen molar-refractivity contribution in [2.75, 3.05) is 9.80 Å². The van der Waals surface area contributed by atoms with E-state index in [0.29, 0.717) is 11.4 Å². The van der Waals surface area contributed by atoms with Gasteiger partial charge < -0.3 is 9.80 Å². The van der Waals surface area contributed by atoms with Gasteiger partial charge in [0.15, 0.2) is 0 Å². The average Bonchev–Trinajstić information content (AvgIpc) is 3.19. The van der Waals surface area contributed by atoms with Gasteiger partial charge in [0.1, 0.15) is 0 Å². The molecule has 9 aromatic rings. The molecule has 3 heteroatoms. The lowest BCUT2D eigenvalue weighted by atomic mass is 9.33. The number of nitrogens with zero attached hydrogens (tertiary/aromatic N) is 2. The van der Waals surface area contributed by atoms with Gasteiger partial charge in [0, 0.05) is 34.1 Å². The lowest BCUT2D eigenvalue weighted by Crippen LogP contribution is -2.61. The van der Waals surface area contributed by atoms with Crippen molar-refractivity contribution in [1.29, 1.82) is 0 Å². The van der Waals surface area contributed by atoms with Gasteiger partial charge in [-0.3, -0.25) is 0 Å². The van der Waals surface area contributed by atoms with Crippen molar-refractivity contribution in [3.63, 3.8) is 0 Å². The Labute approximate surface area is 289 Å². The summed E-state index contributed by atoms with van der Waals surface area (Å²) >= 11 is 0. The van der Waals surface area contributed by atoms with E-state index in [1.54, 1.807) is 0 Å². The highest BCUT2D eigenvalue weighted by atomic mass is 15.2. The van der Waals surface area contributed by atoms with Crippen molar-refractivity contribution in [2.45, 2.75) is 0 Å². The molecular formula is C46H29BN2. The molecule has 0 aliphatic carbocycles. The second kappa shape index (κ2) is 10.1. The fourth-order valence-corrected chi connectivity index (χ4v) is 8.25. The summed E-state index contributed by atoms with van der Waals surface area (Å²) in [5.74, 6) is 0. The number of hydrogen-bond acceptors (Lipinski definition) is 2. The zero-order valence-corrected chi connectivity index (χ0v) is 26.5. The van der Waals surface area contributed by atoms with Crippen molar-refractivity contribution in [2.24, 2.45) is 0 Å². The summed E-state index contributed by atoms with van der Waals surface area (Å²) in [5.41, 5.74) is 8.25. The van der Waals surface area contributed by atoms with Gasteiger partial charge in [0.25, 0.3) is 6.71 Å². The highest BCUT2D eigenvalue weighted by Crippen LogP contribution is 2.45. The van der Waals surface area contributed by atoms with Crippen LogP contribution in [0, 0.1) is 0 Å². The summed E-state index contributed by atoms with van der Waals surface area (Å²) in [7, 11) is 0. The van der Waals surface area contributed by atoms with Crippen LogP contribution >= 0.6 is 0 Å². The van der Waals surface area contributed by atoms with Crippen molar-refractivity contribution < 1.29 is 4.11 Å². The minimum absolute atomic E-state index is 0.0587. The maximum atomic E-state index is 9.67. The van der Waals surface area contributed by atoms with Crippen molar-refractivity contribution >= 4 is 100 Å². The molecule has 0 saturated carbocycles. The number of fused-ring (bicyclic) bond motifs is 8. The number of benzene rings is 9. The Morgan fingerprint density at radius 2 is 0.735 bits per heavy atom. The molecule has 0 fully saturated rings. The normalized spacial score (nSPS) is 14.0. The Balaban J connectivity index is 1.31. The van der Waals surface area contributed by atoms with Crippen molar-refractivity contribution in [3.05, 3.63) is 176 Å². The van der Waals surface area contributed by atoms with Gasteiger partial charge in [0.2, 0.25) is 0 Å². The Morgan fingerprint density at radius 1 is 0.367 bits per heavy atom. The van der Waals surface area contributed by atoms with E-state index in [0.717, 1.165) is 82.2 Å². The first kappa shape index (κ1) is 23.9. The van der Waals surface area contributed by atoms with Crippen LogP contribution in [0.2, 0.25) is 0 Å². The summed E-state index contributed by atoms with van der Waals surface area (Å²) in [6.45, 7) is -0.272. The number of rotatable bonds is 2. The fourth-order valence-electron chi connectivity index (χ4n) is 8.25. The van der Waals surface area contributed by atoms with E-state index >= 15 is 0 Å².